The van der Waals surface area contributed by atoms with Crippen LogP contribution in [-0.4, -0.2) is 175 Å². The average molecular weight is 1100 g/mol. The van der Waals surface area contributed by atoms with Crippen molar-refractivity contribution in [1.29, 1.82) is 0 Å². The van der Waals surface area contributed by atoms with Crippen molar-refractivity contribution in [3.63, 3.8) is 0 Å². The number of amides is 9. The zero-order valence-electron chi connectivity index (χ0n) is 45.9. The van der Waals surface area contributed by atoms with Gasteiger partial charge in [0.25, 0.3) is 0 Å². The van der Waals surface area contributed by atoms with E-state index in [1.807, 2.05) is 0 Å². The summed E-state index contributed by atoms with van der Waals surface area (Å²) in [6, 6.07) is -3.76. The molecule has 26 nitrogen and oxygen atoms in total. The molecule has 1 aliphatic heterocycles. The van der Waals surface area contributed by atoms with Crippen LogP contribution in [0.25, 0.3) is 0 Å². The first-order chi connectivity index (χ1) is 37.1. The molecular weight excluding hydrogens is 1010 g/mol. The van der Waals surface area contributed by atoms with Crippen molar-refractivity contribution >= 4 is 53.2 Å². The second-order valence-electron chi connectivity index (χ2n) is 21.1. The van der Waals surface area contributed by atoms with Crippen molar-refractivity contribution < 1.29 is 53.4 Å². The molecule has 1 saturated carbocycles. The van der Waals surface area contributed by atoms with E-state index in [1.165, 1.54) is 13.8 Å². The van der Waals surface area contributed by atoms with E-state index >= 15 is 0 Å². The summed E-state index contributed by atoms with van der Waals surface area (Å²) in [5, 5.41) is 48.2. The van der Waals surface area contributed by atoms with Crippen LogP contribution in [0.3, 0.4) is 0 Å². The number of hydrogen-bond acceptors (Lipinski definition) is 17. The third-order valence-corrected chi connectivity index (χ3v) is 13.9. The number of hydrogen-bond donors (Lipinski definition) is 17. The third-order valence-electron chi connectivity index (χ3n) is 13.9. The molecule has 0 spiro atoms. The molecular formula is C52H91N15O11. The van der Waals surface area contributed by atoms with E-state index < -0.39 is 125 Å². The largest absolute Gasteiger partial charge is 0.391 e. The molecule has 2 fully saturated rings. The van der Waals surface area contributed by atoms with Gasteiger partial charge in [0.05, 0.1) is 12.2 Å². The zero-order chi connectivity index (χ0) is 58.0. The van der Waals surface area contributed by atoms with Gasteiger partial charge in [-0.05, 0) is 122 Å². The smallest absolute Gasteiger partial charge is 0.245 e. The first-order valence-corrected chi connectivity index (χ1v) is 27.5. The van der Waals surface area contributed by atoms with E-state index in [-0.39, 0.29) is 90.0 Å². The van der Waals surface area contributed by atoms with Crippen LogP contribution >= 0.6 is 0 Å². The predicted molar refractivity (Wildman–Crippen MR) is 292 cm³/mol. The fraction of sp³-hybridized carbons (Fsp3) is 0.712. The van der Waals surface area contributed by atoms with Crippen molar-refractivity contribution in [1.82, 2.24) is 53.2 Å². The van der Waals surface area contributed by atoms with Crippen LogP contribution in [0.4, 0.5) is 0 Å². The number of nitrogens with two attached hydrogens (primary N) is 5. The maximum atomic E-state index is 14.5. The minimum atomic E-state index is -1.64. The van der Waals surface area contributed by atoms with Gasteiger partial charge in [0, 0.05) is 18.5 Å². The fourth-order valence-corrected chi connectivity index (χ4v) is 9.40. The van der Waals surface area contributed by atoms with Crippen LogP contribution in [0.5, 0.6) is 0 Å². The molecule has 1 heterocycles. The summed E-state index contributed by atoms with van der Waals surface area (Å²) in [5.74, 6) is -7.81. The molecule has 1 saturated heterocycles. The summed E-state index contributed by atoms with van der Waals surface area (Å²) >= 11 is 0. The maximum absolute atomic E-state index is 14.5. The number of benzene rings is 1. The lowest BCUT2D eigenvalue weighted by atomic mass is 9.80. The molecule has 2 aliphatic rings. The number of aliphatic hydroxyl groups excluding tert-OH is 2. The van der Waals surface area contributed by atoms with Crippen LogP contribution in [0, 0.1) is 5.92 Å². The van der Waals surface area contributed by atoms with Gasteiger partial charge >= 0.3 is 0 Å². The Kier molecular flexibility index (Phi) is 29.1. The average Bonchev–Trinajstić information content (AvgIpc) is 3.39. The standard InChI is InChI=1S/C52H91N15O11/c1-30(2)28-39-48(75)62-35(15-23-54)44(71)61-37(17-25-56)47(74)67-42(32(4)69)50(77)59-26-18-38(46(73)60-36(16-24-55)45(72)66-40(49(76)65-39)29-33-12-7-5-8-13-33)63-43(70)34(14-11-22-53)64-51(78)41(31(3)68)58-27-21-52(57)19-9-6-10-20-52/h5,7-8,12-13,30-32,34-42,58,68-69H,6,9-11,14-29,53-57H2,1-4H3,(H,59,77)(H,60,73)(H,61,71)(H,62,75)(H,63,70)(H,64,78)(H,65,76)(H,66,72)(H,67,74)/t31?,32?,34-,35-,36-,37-,38-,39-,40+,41-,42-/m0/s1. The van der Waals surface area contributed by atoms with Gasteiger partial charge in [-0.3, -0.25) is 43.2 Å². The van der Waals surface area contributed by atoms with Crippen LogP contribution < -0.4 is 81.8 Å². The summed E-state index contributed by atoms with van der Waals surface area (Å²) in [5.41, 5.74) is 30.4. The Labute approximate surface area is 457 Å². The Balaban J connectivity index is 2.09. The highest BCUT2D eigenvalue weighted by Gasteiger charge is 2.37. The quantitative estimate of drug-likeness (QED) is 0.0489. The lowest BCUT2D eigenvalue weighted by molar-refractivity contribution is -0.136. The molecule has 2 unspecified atom stereocenters. The molecule has 0 bridgehead atoms. The number of rotatable bonds is 23. The Bertz CT molecular complexity index is 2100. The molecule has 9 amide bonds. The fourth-order valence-electron chi connectivity index (χ4n) is 9.40. The van der Waals surface area contributed by atoms with Gasteiger partial charge in [0.1, 0.15) is 54.4 Å². The SMILES string of the molecule is CC(C)C[C@@H]1NC(=O)[C@@H](Cc2ccccc2)NC(=O)[C@H](CCN)NC(=O)[C@@H](NC(=O)[C@H](CCCN)NC(=O)[C@@H](NCCC2(N)CCCCC2)C(C)O)CCNC(=O)[C@H](C(C)O)NC(=O)[C@H](CCN)NC(=O)[C@H](CCN)NC1=O. The van der Waals surface area contributed by atoms with Gasteiger partial charge in [-0.15, -0.1) is 0 Å². The Morgan fingerprint density at radius 1 is 0.654 bits per heavy atom. The molecule has 440 valence electrons. The van der Waals surface area contributed by atoms with E-state index in [9.17, 15) is 53.4 Å². The Morgan fingerprint density at radius 2 is 1.17 bits per heavy atom. The van der Waals surface area contributed by atoms with Crippen LogP contribution in [0.1, 0.15) is 117 Å². The zero-order valence-corrected chi connectivity index (χ0v) is 45.9. The highest BCUT2D eigenvalue weighted by molar-refractivity contribution is 5.98. The molecule has 22 N–H and O–H groups in total. The molecule has 1 aromatic rings. The molecule has 0 aromatic heterocycles. The number of nitrogens with one attached hydrogen (secondary N) is 10. The number of carbonyl (C=O) groups excluding carboxylic acids is 9. The van der Waals surface area contributed by atoms with E-state index in [0.717, 1.165) is 32.1 Å². The topological polar surface area (TPSA) is 444 Å². The minimum Gasteiger partial charge on any atom is -0.391 e. The summed E-state index contributed by atoms with van der Waals surface area (Å²) in [7, 11) is 0. The second-order valence-corrected chi connectivity index (χ2v) is 21.1. The minimum absolute atomic E-state index is 0.00457. The van der Waals surface area contributed by atoms with Crippen molar-refractivity contribution in [2.45, 2.75) is 190 Å². The van der Waals surface area contributed by atoms with Gasteiger partial charge in [-0.25, -0.2) is 0 Å². The first-order valence-electron chi connectivity index (χ1n) is 27.5. The normalized spacial score (nSPS) is 25.1. The molecule has 78 heavy (non-hydrogen) atoms. The Hall–Kier alpha value is -5.87. The molecule has 1 aliphatic carbocycles. The van der Waals surface area contributed by atoms with Crippen LogP contribution in [0.2, 0.25) is 0 Å². The van der Waals surface area contributed by atoms with E-state index in [1.54, 1.807) is 44.2 Å². The number of carbonyl (C=O) groups is 9. The third kappa shape index (κ3) is 22.5. The van der Waals surface area contributed by atoms with Gasteiger partial charge < -0.3 is 92.0 Å². The Morgan fingerprint density at radius 3 is 1.69 bits per heavy atom. The molecule has 0 radical (unpaired) electrons. The van der Waals surface area contributed by atoms with Crippen LogP contribution in [0.15, 0.2) is 30.3 Å². The summed E-state index contributed by atoms with van der Waals surface area (Å²) in [6.45, 7) is 5.95. The molecule has 1 aromatic carbocycles. The predicted octanol–water partition coefficient (Wildman–Crippen LogP) is -4.77. The highest BCUT2D eigenvalue weighted by Crippen LogP contribution is 2.28. The lowest BCUT2D eigenvalue weighted by Crippen LogP contribution is -2.61. The monoisotopic (exact) mass is 1100 g/mol. The molecule has 26 heteroatoms. The second kappa shape index (κ2) is 34.2. The molecule has 11 atom stereocenters. The summed E-state index contributed by atoms with van der Waals surface area (Å²) in [4.78, 5) is 127. The maximum Gasteiger partial charge on any atom is 0.245 e. The van der Waals surface area contributed by atoms with Gasteiger partial charge in [-0.1, -0.05) is 63.4 Å². The van der Waals surface area contributed by atoms with E-state index in [0.29, 0.717) is 18.5 Å². The summed E-state index contributed by atoms with van der Waals surface area (Å²) in [6.07, 6.45) is 1.99. The highest BCUT2D eigenvalue weighted by atomic mass is 16.3. The van der Waals surface area contributed by atoms with Gasteiger partial charge in [-0.2, -0.15) is 0 Å². The number of aliphatic hydroxyl groups is 2. The van der Waals surface area contributed by atoms with E-state index in [2.05, 4.69) is 53.2 Å². The summed E-state index contributed by atoms with van der Waals surface area (Å²) < 4.78 is 0. The van der Waals surface area contributed by atoms with Gasteiger partial charge in [0.15, 0.2) is 0 Å². The first kappa shape index (κ1) is 66.4. The van der Waals surface area contributed by atoms with Crippen molar-refractivity contribution in [2.24, 2.45) is 34.6 Å². The van der Waals surface area contributed by atoms with Crippen molar-refractivity contribution in [3.05, 3.63) is 35.9 Å². The molecule has 3 rings (SSSR count). The van der Waals surface area contributed by atoms with Crippen molar-refractivity contribution in [3.8, 4) is 0 Å². The lowest BCUT2D eigenvalue weighted by Gasteiger charge is -2.34. The van der Waals surface area contributed by atoms with E-state index in [4.69, 9.17) is 28.7 Å². The van der Waals surface area contributed by atoms with Gasteiger partial charge in [0.2, 0.25) is 53.2 Å². The van der Waals surface area contributed by atoms with Crippen LogP contribution in [-0.2, 0) is 49.6 Å². The van der Waals surface area contributed by atoms with Crippen molar-refractivity contribution in [2.75, 3.05) is 39.3 Å².